The number of aromatic nitrogens is 2. The minimum absolute atomic E-state index is 0.0530. The number of sulfonamides is 1. The van der Waals surface area contributed by atoms with Crippen LogP contribution in [0.1, 0.15) is 0 Å². The van der Waals surface area contributed by atoms with Gasteiger partial charge >= 0.3 is 0 Å². The second-order valence-corrected chi connectivity index (χ2v) is 9.93. The first-order valence-corrected chi connectivity index (χ1v) is 13.1. The topological polar surface area (TPSA) is 166 Å². The van der Waals surface area contributed by atoms with Gasteiger partial charge in [-0.1, -0.05) is 18.2 Å². The summed E-state index contributed by atoms with van der Waals surface area (Å²) in [5.41, 5.74) is 7.14. The van der Waals surface area contributed by atoms with Gasteiger partial charge in [-0.15, -0.1) is 0 Å². The zero-order valence-corrected chi connectivity index (χ0v) is 21.9. The molecule has 4 aromatic rings. The lowest BCUT2D eigenvalue weighted by Gasteiger charge is -2.21. The number of nitrogens with zero attached hydrogens (tertiary/aromatic N) is 3. The van der Waals surface area contributed by atoms with E-state index < -0.39 is 15.9 Å². The van der Waals surface area contributed by atoms with Gasteiger partial charge in [0.05, 0.1) is 43.2 Å². The van der Waals surface area contributed by atoms with E-state index in [-0.39, 0.29) is 29.6 Å². The van der Waals surface area contributed by atoms with Gasteiger partial charge in [0.1, 0.15) is 17.8 Å². The van der Waals surface area contributed by atoms with Crippen LogP contribution < -0.4 is 30.1 Å². The number of benzene rings is 3. The van der Waals surface area contributed by atoms with Crippen molar-refractivity contribution in [2.75, 3.05) is 42.2 Å². The van der Waals surface area contributed by atoms with E-state index in [9.17, 15) is 18.0 Å². The summed E-state index contributed by atoms with van der Waals surface area (Å²) >= 11 is 0. The summed E-state index contributed by atoms with van der Waals surface area (Å²) < 4.78 is 40.1. The van der Waals surface area contributed by atoms with Crippen LogP contribution in [0.5, 0.6) is 11.5 Å². The Kier molecular flexibility index (Phi) is 8.10. The summed E-state index contributed by atoms with van der Waals surface area (Å²) in [5, 5.41) is 3.10. The van der Waals surface area contributed by atoms with E-state index in [1.54, 1.807) is 48.5 Å². The first kappa shape index (κ1) is 27.1. The third-order valence-corrected chi connectivity index (χ3v) is 6.89. The van der Waals surface area contributed by atoms with Crippen LogP contribution in [0.4, 0.5) is 23.0 Å². The predicted molar refractivity (Wildman–Crippen MR) is 147 cm³/mol. The molecule has 39 heavy (non-hydrogen) atoms. The number of fused-ring (bicyclic) bond motifs is 1. The maximum atomic E-state index is 13.5. The lowest BCUT2D eigenvalue weighted by atomic mass is 10.2. The Hall–Kier alpha value is -4.91. The van der Waals surface area contributed by atoms with E-state index in [0.29, 0.717) is 40.2 Å². The summed E-state index contributed by atoms with van der Waals surface area (Å²) in [7, 11) is -1.16. The van der Waals surface area contributed by atoms with Gasteiger partial charge in [-0.2, -0.15) is 0 Å². The number of ether oxygens (including phenoxy) is 2. The maximum Gasteiger partial charge on any atom is 0.263 e. The number of methoxy groups -OCH3 is 2. The Balaban J connectivity index is 1.74. The molecule has 13 heteroatoms. The Labute approximate surface area is 224 Å². The molecule has 0 saturated carbocycles. The lowest BCUT2D eigenvalue weighted by Crippen LogP contribution is -2.35. The number of hydrogen-bond donors (Lipinski definition) is 3. The molecule has 0 aliphatic heterocycles. The van der Waals surface area contributed by atoms with Gasteiger partial charge in [0, 0.05) is 29.6 Å². The van der Waals surface area contributed by atoms with Crippen molar-refractivity contribution >= 4 is 56.3 Å². The predicted octanol–water partition coefficient (Wildman–Crippen LogP) is 2.68. The number of primary amides is 1. The van der Waals surface area contributed by atoms with Crippen LogP contribution in [0.15, 0.2) is 71.6 Å². The molecule has 202 valence electrons. The van der Waals surface area contributed by atoms with Crippen LogP contribution in [0.2, 0.25) is 0 Å². The summed E-state index contributed by atoms with van der Waals surface area (Å²) in [6.45, 7) is -0.405. The van der Waals surface area contributed by atoms with Crippen molar-refractivity contribution in [3.63, 3.8) is 0 Å². The van der Waals surface area contributed by atoms with Gasteiger partial charge in [0.15, 0.2) is 11.6 Å². The highest BCUT2D eigenvalue weighted by molar-refractivity contribution is 7.92. The molecule has 12 nitrogen and oxygen atoms in total. The molecular weight excluding hydrogens is 524 g/mol. The van der Waals surface area contributed by atoms with E-state index in [1.165, 1.54) is 37.3 Å². The fraction of sp³-hybridized carbons (Fsp3) is 0.154. The molecular formula is C26H26N6O6S. The second-order valence-electron chi connectivity index (χ2n) is 8.25. The Morgan fingerprint density at radius 3 is 2.18 bits per heavy atom. The molecule has 3 aromatic carbocycles. The third-order valence-electron chi connectivity index (χ3n) is 5.55. The Morgan fingerprint density at radius 2 is 1.59 bits per heavy atom. The molecule has 4 rings (SSSR count). The van der Waals surface area contributed by atoms with Gasteiger partial charge in [0.25, 0.3) is 10.0 Å². The molecule has 0 aliphatic rings. The second kappa shape index (κ2) is 11.6. The first-order valence-electron chi connectivity index (χ1n) is 11.6. The van der Waals surface area contributed by atoms with Crippen LogP contribution in [-0.2, 0) is 19.6 Å². The average molecular weight is 551 g/mol. The average Bonchev–Trinajstić information content (AvgIpc) is 2.92. The van der Waals surface area contributed by atoms with E-state index in [0.717, 1.165) is 0 Å². The highest BCUT2D eigenvalue weighted by atomic mass is 32.2. The number of hydrogen-bond acceptors (Lipinski definition) is 10. The highest BCUT2D eigenvalue weighted by Crippen LogP contribution is 2.31. The summed E-state index contributed by atoms with van der Waals surface area (Å²) in [6, 6.07) is 17.9. The molecule has 0 unspecified atom stereocenters. The monoisotopic (exact) mass is 550 g/mol. The number of rotatable bonds is 12. The number of anilines is 4. The van der Waals surface area contributed by atoms with Crippen molar-refractivity contribution in [3.8, 4) is 11.5 Å². The number of carbonyl (C=O) groups is 2. The van der Waals surface area contributed by atoms with Crippen molar-refractivity contribution in [2.24, 2.45) is 5.73 Å². The van der Waals surface area contributed by atoms with Gasteiger partial charge in [-0.3, -0.25) is 9.52 Å². The maximum absolute atomic E-state index is 13.5. The molecule has 0 fully saturated rings. The Morgan fingerprint density at radius 1 is 0.949 bits per heavy atom. The molecule has 1 heterocycles. The molecule has 0 atom stereocenters. The van der Waals surface area contributed by atoms with Crippen molar-refractivity contribution in [1.29, 1.82) is 0 Å². The lowest BCUT2D eigenvalue weighted by molar-refractivity contribution is -0.116. The molecule has 1 amide bonds. The standard InChI is InChI=1S/C26H26N6O6S/c1-37-19-12-17(13-20(15-19)38-2)28-25-26(30-23-9-4-3-8-22(23)29-25)31-39(35,36)21-7-5-6-18(14-21)32(10-11-33)16-24(27)34/h3-9,11-15H,10,16H2,1-2H3,(H2,27,34)(H,28,29)(H,30,31). The van der Waals surface area contributed by atoms with Crippen LogP contribution in [0.25, 0.3) is 11.0 Å². The molecule has 1 aromatic heterocycles. The summed E-state index contributed by atoms with van der Waals surface area (Å²) in [6.07, 6.45) is 0.596. The number of amides is 1. The van der Waals surface area contributed by atoms with Crippen molar-refractivity contribution in [3.05, 3.63) is 66.7 Å². The fourth-order valence-electron chi connectivity index (χ4n) is 3.75. The zero-order chi connectivity index (χ0) is 28.0. The molecule has 0 saturated heterocycles. The minimum Gasteiger partial charge on any atom is -0.497 e. The van der Waals surface area contributed by atoms with Gasteiger partial charge in [-0.05, 0) is 30.3 Å². The van der Waals surface area contributed by atoms with Crippen molar-refractivity contribution in [2.45, 2.75) is 4.90 Å². The summed E-state index contributed by atoms with van der Waals surface area (Å²) in [4.78, 5) is 32.9. The summed E-state index contributed by atoms with van der Waals surface area (Å²) in [5.74, 6) is 0.447. The number of para-hydroxylation sites is 2. The molecule has 0 spiro atoms. The smallest absolute Gasteiger partial charge is 0.263 e. The molecule has 0 bridgehead atoms. The molecule has 0 radical (unpaired) electrons. The first-order chi connectivity index (χ1) is 18.7. The normalized spacial score (nSPS) is 11.0. The van der Waals surface area contributed by atoms with E-state index in [4.69, 9.17) is 15.2 Å². The Bertz CT molecular complexity index is 1610. The quantitative estimate of drug-likeness (QED) is 0.223. The van der Waals surface area contributed by atoms with Crippen molar-refractivity contribution < 1.29 is 27.5 Å². The number of nitrogens with two attached hydrogens (primary N) is 1. The van der Waals surface area contributed by atoms with Gasteiger partial charge in [0.2, 0.25) is 5.91 Å². The SMILES string of the molecule is COc1cc(Nc2nc3ccccc3nc2NS(=O)(=O)c2cccc(N(CC=O)CC(N)=O)c2)cc(OC)c1. The van der Waals surface area contributed by atoms with Gasteiger partial charge < -0.3 is 30.2 Å². The number of carbonyl (C=O) groups excluding carboxylic acids is 2. The van der Waals surface area contributed by atoms with E-state index >= 15 is 0 Å². The van der Waals surface area contributed by atoms with Gasteiger partial charge in [-0.25, -0.2) is 18.4 Å². The van der Waals surface area contributed by atoms with Crippen molar-refractivity contribution in [1.82, 2.24) is 9.97 Å². The molecule has 0 aliphatic carbocycles. The minimum atomic E-state index is -4.19. The van der Waals surface area contributed by atoms with E-state index in [2.05, 4.69) is 20.0 Å². The molecule has 4 N–H and O–H groups in total. The third kappa shape index (κ3) is 6.51. The van der Waals surface area contributed by atoms with Crippen LogP contribution in [-0.4, -0.2) is 57.9 Å². The fourth-order valence-corrected chi connectivity index (χ4v) is 4.80. The number of aldehydes is 1. The highest BCUT2D eigenvalue weighted by Gasteiger charge is 2.21. The zero-order valence-electron chi connectivity index (χ0n) is 21.1. The van der Waals surface area contributed by atoms with Crippen LogP contribution in [0.3, 0.4) is 0 Å². The van der Waals surface area contributed by atoms with Crippen LogP contribution >= 0.6 is 0 Å². The largest absolute Gasteiger partial charge is 0.497 e. The number of nitrogens with one attached hydrogen (secondary N) is 2. The van der Waals surface area contributed by atoms with Crippen LogP contribution in [0, 0.1) is 0 Å². The van der Waals surface area contributed by atoms with E-state index in [1.807, 2.05) is 0 Å².